The van der Waals surface area contributed by atoms with Gasteiger partial charge in [0.15, 0.2) is 0 Å². The fraction of sp³-hybridized carbons (Fsp3) is 0.556. The smallest absolute Gasteiger partial charge is 0.247 e. The molecule has 3 fully saturated rings. The highest BCUT2D eigenvalue weighted by atomic mass is 16.3. The van der Waals surface area contributed by atoms with E-state index in [0.717, 1.165) is 36.9 Å². The van der Waals surface area contributed by atoms with Crippen LogP contribution in [-0.2, 0) is 4.79 Å². The number of nitrogens with zero attached hydrogens (tertiary/aromatic N) is 2. The van der Waals surface area contributed by atoms with Gasteiger partial charge in [-0.15, -0.1) is 0 Å². The minimum absolute atomic E-state index is 0.122. The Morgan fingerprint density at radius 3 is 2.47 bits per heavy atom. The van der Waals surface area contributed by atoms with E-state index in [1.54, 1.807) is 12.4 Å². The number of amides is 1. The van der Waals surface area contributed by atoms with E-state index in [0.29, 0.717) is 18.9 Å². The molecule has 7 nitrogen and oxygen atoms in total. The lowest BCUT2D eigenvalue weighted by atomic mass is 9.94. The van der Waals surface area contributed by atoms with Crippen molar-refractivity contribution in [1.29, 1.82) is 0 Å². The van der Waals surface area contributed by atoms with Crippen LogP contribution in [-0.4, -0.2) is 52.1 Å². The van der Waals surface area contributed by atoms with E-state index in [1.165, 1.54) is 24.8 Å². The van der Waals surface area contributed by atoms with Crippen LogP contribution in [0.3, 0.4) is 0 Å². The van der Waals surface area contributed by atoms with Gasteiger partial charge in [-0.25, -0.2) is 0 Å². The van der Waals surface area contributed by atoms with Crippen LogP contribution in [0.5, 0.6) is 0 Å². The summed E-state index contributed by atoms with van der Waals surface area (Å²) in [6.07, 6.45) is 10.2. The number of nitrogens with one attached hydrogen (secondary N) is 2. The van der Waals surface area contributed by atoms with Gasteiger partial charge in [0.05, 0.1) is 12.1 Å². The Kier molecular flexibility index (Phi) is 7.13. The van der Waals surface area contributed by atoms with Crippen molar-refractivity contribution in [1.82, 2.24) is 15.6 Å². The SMILES string of the molecule is O=C(NC1CCCCC1)C(c1cccnc1)N(c1ccc(C2CC2)cc1)C(O)[C@H]1C[C@@H](O)CN1. The van der Waals surface area contributed by atoms with Crippen molar-refractivity contribution in [2.45, 2.75) is 87.7 Å². The summed E-state index contributed by atoms with van der Waals surface area (Å²) in [4.78, 5) is 19.9. The zero-order chi connectivity index (χ0) is 23.5. The van der Waals surface area contributed by atoms with E-state index >= 15 is 0 Å². The molecular weight excluding hydrogens is 428 g/mol. The average molecular weight is 465 g/mol. The van der Waals surface area contributed by atoms with E-state index in [9.17, 15) is 15.0 Å². The first-order valence-electron chi connectivity index (χ1n) is 12.8. The van der Waals surface area contributed by atoms with Gasteiger partial charge in [-0.1, -0.05) is 37.5 Å². The lowest BCUT2D eigenvalue weighted by molar-refractivity contribution is -0.124. The van der Waals surface area contributed by atoms with Crippen molar-refractivity contribution in [2.75, 3.05) is 11.4 Å². The standard InChI is InChI=1S/C27H36N4O3/c32-23-15-24(29-17-23)27(34)31(22-12-10-19(11-13-22)18-8-9-18)25(20-5-4-14-28-16-20)26(33)30-21-6-2-1-3-7-21/h4-5,10-14,16,18,21,23-25,27,29,32,34H,1-3,6-9,15,17H2,(H,30,33)/t23-,24-,25?,27?/m1/s1. The largest absolute Gasteiger partial charge is 0.392 e. The van der Waals surface area contributed by atoms with Crippen molar-refractivity contribution < 1.29 is 15.0 Å². The number of benzene rings is 1. The molecule has 1 aromatic carbocycles. The second-order valence-corrected chi connectivity index (χ2v) is 10.1. The number of carbonyl (C=O) groups is 1. The molecule has 3 aliphatic rings. The minimum atomic E-state index is -0.994. The van der Waals surface area contributed by atoms with Gasteiger partial charge >= 0.3 is 0 Å². The highest BCUT2D eigenvalue weighted by Gasteiger charge is 2.39. The first-order chi connectivity index (χ1) is 16.6. The Morgan fingerprint density at radius 2 is 1.85 bits per heavy atom. The number of rotatable bonds is 8. The molecule has 4 N–H and O–H groups in total. The molecule has 2 saturated carbocycles. The summed E-state index contributed by atoms with van der Waals surface area (Å²) in [6.45, 7) is 0.433. The molecule has 34 heavy (non-hydrogen) atoms. The van der Waals surface area contributed by atoms with Crippen molar-refractivity contribution in [3.8, 4) is 0 Å². The molecule has 1 amide bonds. The monoisotopic (exact) mass is 464 g/mol. The number of anilines is 1. The van der Waals surface area contributed by atoms with Crippen molar-refractivity contribution in [2.24, 2.45) is 0 Å². The van der Waals surface area contributed by atoms with Gasteiger partial charge in [0.1, 0.15) is 12.3 Å². The highest BCUT2D eigenvalue weighted by molar-refractivity contribution is 5.87. The number of aliphatic hydroxyl groups excluding tert-OH is 2. The predicted octanol–water partition coefficient (Wildman–Crippen LogP) is 3.00. The van der Waals surface area contributed by atoms with Crippen LogP contribution in [0.4, 0.5) is 5.69 Å². The van der Waals surface area contributed by atoms with E-state index in [1.807, 2.05) is 29.2 Å². The molecule has 0 spiro atoms. The highest BCUT2D eigenvalue weighted by Crippen LogP contribution is 2.41. The molecule has 2 aromatic rings. The maximum atomic E-state index is 13.8. The maximum absolute atomic E-state index is 13.8. The van der Waals surface area contributed by atoms with Crippen molar-refractivity contribution in [3.05, 3.63) is 59.9 Å². The van der Waals surface area contributed by atoms with Crippen LogP contribution >= 0.6 is 0 Å². The second kappa shape index (κ2) is 10.4. The number of carbonyl (C=O) groups excluding carboxylic acids is 1. The number of aromatic nitrogens is 1. The summed E-state index contributed by atoms with van der Waals surface area (Å²) in [5.74, 6) is 0.506. The summed E-state index contributed by atoms with van der Waals surface area (Å²) < 4.78 is 0. The average Bonchev–Trinajstić information content (AvgIpc) is 3.63. The molecule has 182 valence electrons. The van der Waals surface area contributed by atoms with E-state index in [2.05, 4.69) is 27.8 Å². The van der Waals surface area contributed by atoms with Crippen LogP contribution in [0.25, 0.3) is 0 Å². The summed E-state index contributed by atoms with van der Waals surface area (Å²) >= 11 is 0. The fourth-order valence-corrected chi connectivity index (χ4v) is 5.46. The van der Waals surface area contributed by atoms with Crippen LogP contribution in [0.15, 0.2) is 48.8 Å². The van der Waals surface area contributed by atoms with Gasteiger partial charge in [-0.2, -0.15) is 0 Å². The molecule has 5 rings (SSSR count). The zero-order valence-electron chi connectivity index (χ0n) is 19.6. The number of aliphatic hydroxyl groups is 2. The third-order valence-electron chi connectivity index (χ3n) is 7.50. The zero-order valence-corrected chi connectivity index (χ0v) is 19.6. The van der Waals surface area contributed by atoms with Gasteiger partial charge < -0.3 is 25.7 Å². The van der Waals surface area contributed by atoms with Gasteiger partial charge in [-0.3, -0.25) is 9.78 Å². The fourth-order valence-electron chi connectivity index (χ4n) is 5.46. The Bertz CT molecular complexity index is 944. The third kappa shape index (κ3) is 5.27. The molecule has 1 aromatic heterocycles. The lowest BCUT2D eigenvalue weighted by Crippen LogP contribution is -2.54. The van der Waals surface area contributed by atoms with Crippen LogP contribution in [0, 0.1) is 0 Å². The number of hydrogen-bond donors (Lipinski definition) is 4. The molecule has 2 heterocycles. The van der Waals surface area contributed by atoms with Crippen LogP contribution in [0.2, 0.25) is 0 Å². The van der Waals surface area contributed by atoms with Crippen molar-refractivity contribution >= 4 is 11.6 Å². The Balaban J connectivity index is 1.50. The van der Waals surface area contributed by atoms with Gasteiger partial charge in [-0.05, 0) is 61.8 Å². The second-order valence-electron chi connectivity index (χ2n) is 10.1. The molecule has 0 bridgehead atoms. The quantitative estimate of drug-likeness (QED) is 0.449. The topological polar surface area (TPSA) is 97.7 Å². The van der Waals surface area contributed by atoms with Crippen molar-refractivity contribution in [3.63, 3.8) is 0 Å². The molecule has 1 aliphatic heterocycles. The summed E-state index contributed by atoms with van der Waals surface area (Å²) in [7, 11) is 0. The number of hydrogen-bond acceptors (Lipinski definition) is 6. The normalized spacial score (nSPS) is 25.0. The summed E-state index contributed by atoms with van der Waals surface area (Å²) in [6, 6.07) is 11.0. The Morgan fingerprint density at radius 1 is 1.09 bits per heavy atom. The molecular formula is C27H36N4O3. The van der Waals surface area contributed by atoms with Gasteiger partial charge in [0.25, 0.3) is 0 Å². The molecule has 2 aliphatic carbocycles. The summed E-state index contributed by atoms with van der Waals surface area (Å²) in [5.41, 5.74) is 2.82. The van der Waals surface area contributed by atoms with E-state index in [4.69, 9.17) is 0 Å². The lowest BCUT2D eigenvalue weighted by Gasteiger charge is -2.40. The molecule has 2 unspecified atom stereocenters. The van der Waals surface area contributed by atoms with Crippen LogP contribution < -0.4 is 15.5 Å². The third-order valence-corrected chi connectivity index (χ3v) is 7.50. The maximum Gasteiger partial charge on any atom is 0.247 e. The van der Waals surface area contributed by atoms with Crippen LogP contribution in [0.1, 0.15) is 74.5 Å². The first kappa shape index (κ1) is 23.3. The molecule has 7 heteroatoms. The number of β-amino-alcohol motifs (C(OH)–C–C–N with tert-alkyl or cyclic N) is 1. The molecule has 4 atom stereocenters. The first-order valence-corrected chi connectivity index (χ1v) is 12.8. The predicted molar refractivity (Wildman–Crippen MR) is 131 cm³/mol. The summed E-state index contributed by atoms with van der Waals surface area (Å²) in [5, 5.41) is 28.2. The molecule has 0 radical (unpaired) electrons. The van der Waals surface area contributed by atoms with Gasteiger partial charge in [0.2, 0.25) is 5.91 Å². The molecule has 1 saturated heterocycles. The number of pyridine rings is 1. The van der Waals surface area contributed by atoms with E-state index in [-0.39, 0.29) is 18.0 Å². The van der Waals surface area contributed by atoms with E-state index < -0.39 is 18.4 Å². The minimum Gasteiger partial charge on any atom is -0.392 e. The van der Waals surface area contributed by atoms with Gasteiger partial charge in [0, 0.05) is 36.2 Å². The Hall–Kier alpha value is -2.48. The Labute approximate surface area is 201 Å².